The molecule has 0 atom stereocenters. The van der Waals surface area contributed by atoms with E-state index in [1.165, 1.54) is 5.69 Å². The van der Waals surface area contributed by atoms with Crippen LogP contribution < -0.4 is 4.90 Å². The van der Waals surface area contributed by atoms with Gasteiger partial charge in [0.1, 0.15) is 0 Å². The Hall–Kier alpha value is -1.35. The van der Waals surface area contributed by atoms with Crippen molar-refractivity contribution in [2.45, 2.75) is 6.92 Å². The minimum Gasteiger partial charge on any atom is -0.378 e. The fourth-order valence-electron chi connectivity index (χ4n) is 1.67. The summed E-state index contributed by atoms with van der Waals surface area (Å²) in [4.78, 5) is 6.59. The van der Waals surface area contributed by atoms with Gasteiger partial charge in [-0.15, -0.1) is 0 Å². The number of aromatic nitrogens is 1. The molecule has 0 unspecified atom stereocenters. The molecule has 0 radical (unpaired) electrons. The molecule has 80 valence electrons. The van der Waals surface area contributed by atoms with Crippen LogP contribution in [0, 0.1) is 0 Å². The van der Waals surface area contributed by atoms with Crippen LogP contribution in [-0.4, -0.2) is 31.3 Å². The van der Waals surface area contributed by atoms with E-state index in [2.05, 4.69) is 22.5 Å². The van der Waals surface area contributed by atoms with Crippen LogP contribution in [0.4, 0.5) is 5.69 Å². The molecule has 1 aliphatic rings. The largest absolute Gasteiger partial charge is 0.378 e. The molecule has 0 spiro atoms. The summed E-state index contributed by atoms with van der Waals surface area (Å²) in [5, 5.41) is 0. The zero-order valence-corrected chi connectivity index (χ0v) is 9.07. The second-order valence-electron chi connectivity index (χ2n) is 3.78. The number of hydrogen-bond donors (Lipinski definition) is 0. The van der Waals surface area contributed by atoms with Gasteiger partial charge >= 0.3 is 0 Å². The molecule has 0 aliphatic carbocycles. The van der Waals surface area contributed by atoms with Crippen LogP contribution in [0.25, 0.3) is 5.57 Å². The van der Waals surface area contributed by atoms with Gasteiger partial charge < -0.3 is 9.64 Å². The molecule has 15 heavy (non-hydrogen) atoms. The van der Waals surface area contributed by atoms with Crippen LogP contribution in [0.3, 0.4) is 0 Å². The van der Waals surface area contributed by atoms with Crippen molar-refractivity contribution in [3.05, 3.63) is 30.6 Å². The predicted molar refractivity (Wildman–Crippen MR) is 62.0 cm³/mol. The highest BCUT2D eigenvalue weighted by molar-refractivity contribution is 5.62. The van der Waals surface area contributed by atoms with Crippen molar-refractivity contribution in [3.63, 3.8) is 0 Å². The van der Waals surface area contributed by atoms with E-state index in [1.54, 1.807) is 0 Å². The lowest BCUT2D eigenvalue weighted by Crippen LogP contribution is -2.36. The number of pyridine rings is 1. The topological polar surface area (TPSA) is 25.4 Å². The Labute approximate surface area is 90.4 Å². The van der Waals surface area contributed by atoms with Crippen LogP contribution in [0.5, 0.6) is 0 Å². The van der Waals surface area contributed by atoms with Gasteiger partial charge in [-0.1, -0.05) is 6.58 Å². The number of morpholine rings is 1. The maximum Gasteiger partial charge on any atom is 0.0673 e. The molecular formula is C12H16N2O. The van der Waals surface area contributed by atoms with E-state index in [0.29, 0.717) is 0 Å². The summed E-state index contributed by atoms with van der Waals surface area (Å²) in [6.45, 7) is 9.42. The third-order valence-electron chi connectivity index (χ3n) is 2.56. The molecule has 0 amide bonds. The van der Waals surface area contributed by atoms with Crippen molar-refractivity contribution < 1.29 is 4.74 Å². The summed E-state index contributed by atoms with van der Waals surface area (Å²) < 4.78 is 5.32. The Bertz CT molecular complexity index is 356. The lowest BCUT2D eigenvalue weighted by Gasteiger charge is -2.28. The zero-order chi connectivity index (χ0) is 10.7. The Balaban J connectivity index is 2.19. The third kappa shape index (κ3) is 2.36. The first-order chi connectivity index (χ1) is 7.27. The highest BCUT2D eigenvalue weighted by Crippen LogP contribution is 2.18. The molecule has 2 rings (SSSR count). The minimum absolute atomic E-state index is 0.810. The lowest BCUT2D eigenvalue weighted by molar-refractivity contribution is 0.122. The van der Waals surface area contributed by atoms with Crippen molar-refractivity contribution in [2.24, 2.45) is 0 Å². The van der Waals surface area contributed by atoms with E-state index in [9.17, 15) is 0 Å². The van der Waals surface area contributed by atoms with Crippen molar-refractivity contribution in [1.82, 2.24) is 4.98 Å². The van der Waals surface area contributed by atoms with Gasteiger partial charge in [0, 0.05) is 25.0 Å². The van der Waals surface area contributed by atoms with E-state index in [4.69, 9.17) is 4.74 Å². The predicted octanol–water partition coefficient (Wildman–Crippen LogP) is 1.95. The second kappa shape index (κ2) is 4.45. The summed E-state index contributed by atoms with van der Waals surface area (Å²) in [5.41, 5.74) is 3.19. The first-order valence-electron chi connectivity index (χ1n) is 5.22. The smallest absolute Gasteiger partial charge is 0.0673 e. The molecule has 3 heteroatoms. The van der Waals surface area contributed by atoms with Gasteiger partial charge in [-0.05, 0) is 24.6 Å². The van der Waals surface area contributed by atoms with Crippen molar-refractivity contribution in [1.29, 1.82) is 0 Å². The number of ether oxygens (including phenoxy) is 1. The fourth-order valence-corrected chi connectivity index (χ4v) is 1.67. The summed E-state index contributed by atoms with van der Waals surface area (Å²) in [5.74, 6) is 0. The molecule has 3 nitrogen and oxygen atoms in total. The van der Waals surface area contributed by atoms with Gasteiger partial charge in [-0.25, -0.2) is 0 Å². The monoisotopic (exact) mass is 204 g/mol. The maximum absolute atomic E-state index is 5.32. The Morgan fingerprint density at radius 1 is 1.47 bits per heavy atom. The molecule has 0 aromatic carbocycles. The number of nitrogens with zero attached hydrogens (tertiary/aromatic N) is 2. The van der Waals surface area contributed by atoms with Crippen molar-refractivity contribution in [3.8, 4) is 0 Å². The van der Waals surface area contributed by atoms with E-state index in [1.807, 2.05) is 19.2 Å². The molecule has 0 saturated carbocycles. The van der Waals surface area contributed by atoms with Gasteiger partial charge in [-0.2, -0.15) is 0 Å². The molecule has 0 bridgehead atoms. The summed E-state index contributed by atoms with van der Waals surface area (Å²) >= 11 is 0. The van der Waals surface area contributed by atoms with Gasteiger partial charge in [0.15, 0.2) is 0 Å². The standard InChI is InChI=1S/C12H16N2O/c1-10(2)12-9-11(3-4-13-12)14-5-7-15-8-6-14/h3-4,9H,1,5-8H2,2H3. The van der Waals surface area contributed by atoms with Gasteiger partial charge in [-0.3, -0.25) is 4.98 Å². The van der Waals surface area contributed by atoms with E-state index in [-0.39, 0.29) is 0 Å². The van der Waals surface area contributed by atoms with Crippen LogP contribution >= 0.6 is 0 Å². The Kier molecular flexibility index (Phi) is 3.02. The molecule has 1 aromatic rings. The molecule has 2 heterocycles. The summed E-state index contributed by atoms with van der Waals surface area (Å²) in [6, 6.07) is 4.13. The van der Waals surface area contributed by atoms with Crippen LogP contribution in [0.15, 0.2) is 24.9 Å². The summed E-state index contributed by atoms with van der Waals surface area (Å²) in [7, 11) is 0. The van der Waals surface area contributed by atoms with Crippen LogP contribution in [-0.2, 0) is 4.74 Å². The molecule has 0 N–H and O–H groups in total. The minimum atomic E-state index is 0.810. The third-order valence-corrected chi connectivity index (χ3v) is 2.56. The molecular weight excluding hydrogens is 188 g/mol. The Morgan fingerprint density at radius 3 is 2.87 bits per heavy atom. The lowest BCUT2D eigenvalue weighted by atomic mass is 10.2. The molecule has 1 aromatic heterocycles. The van der Waals surface area contributed by atoms with Crippen molar-refractivity contribution >= 4 is 11.3 Å². The maximum atomic E-state index is 5.32. The zero-order valence-electron chi connectivity index (χ0n) is 9.07. The first-order valence-corrected chi connectivity index (χ1v) is 5.22. The van der Waals surface area contributed by atoms with Gasteiger partial charge in [0.2, 0.25) is 0 Å². The number of allylic oxidation sites excluding steroid dienone is 1. The average Bonchev–Trinajstić information content (AvgIpc) is 2.30. The van der Waals surface area contributed by atoms with Crippen LogP contribution in [0.1, 0.15) is 12.6 Å². The molecule has 1 aliphatic heterocycles. The molecule has 1 fully saturated rings. The summed E-state index contributed by atoms with van der Waals surface area (Å²) in [6.07, 6.45) is 1.84. The van der Waals surface area contributed by atoms with Gasteiger partial charge in [0.25, 0.3) is 0 Å². The normalized spacial score (nSPS) is 16.5. The van der Waals surface area contributed by atoms with E-state index < -0.39 is 0 Å². The second-order valence-corrected chi connectivity index (χ2v) is 3.78. The number of hydrogen-bond acceptors (Lipinski definition) is 3. The van der Waals surface area contributed by atoms with E-state index in [0.717, 1.165) is 37.6 Å². The quantitative estimate of drug-likeness (QED) is 0.736. The highest BCUT2D eigenvalue weighted by Gasteiger charge is 2.11. The highest BCUT2D eigenvalue weighted by atomic mass is 16.5. The fraction of sp³-hybridized carbons (Fsp3) is 0.417. The Morgan fingerprint density at radius 2 is 2.20 bits per heavy atom. The first kappa shape index (κ1) is 10.2. The van der Waals surface area contributed by atoms with E-state index >= 15 is 0 Å². The van der Waals surface area contributed by atoms with Crippen molar-refractivity contribution in [2.75, 3.05) is 31.2 Å². The average molecular weight is 204 g/mol. The van der Waals surface area contributed by atoms with Gasteiger partial charge in [0.05, 0.1) is 18.9 Å². The number of rotatable bonds is 2. The van der Waals surface area contributed by atoms with Crippen LogP contribution in [0.2, 0.25) is 0 Å². The molecule has 1 saturated heterocycles. The number of anilines is 1. The SMILES string of the molecule is C=C(C)c1cc(N2CCOCC2)ccn1.